The number of hydrogen-bond donors (Lipinski definition) is 1. The molecule has 0 aliphatic carbocycles. The highest BCUT2D eigenvalue weighted by Crippen LogP contribution is 2.29. The summed E-state index contributed by atoms with van der Waals surface area (Å²) in [6, 6.07) is 12.8. The first-order valence-electron chi connectivity index (χ1n) is 5.39. The Morgan fingerprint density at radius 1 is 1.06 bits per heavy atom. The van der Waals surface area contributed by atoms with E-state index in [4.69, 9.17) is 28.9 Å². The van der Waals surface area contributed by atoms with Gasteiger partial charge in [0.2, 0.25) is 5.91 Å². The van der Waals surface area contributed by atoms with Crippen LogP contribution in [0.1, 0.15) is 5.56 Å². The lowest BCUT2D eigenvalue weighted by atomic mass is 9.97. The number of amides is 1. The normalized spacial score (nSPS) is 10.3. The predicted molar refractivity (Wildman–Crippen MR) is 74.8 cm³/mol. The molecule has 2 nitrogen and oxygen atoms in total. The van der Waals surface area contributed by atoms with E-state index < -0.39 is 0 Å². The van der Waals surface area contributed by atoms with Gasteiger partial charge < -0.3 is 5.73 Å². The Balaban J connectivity index is 2.54. The fraction of sp³-hybridized carbons (Fsp3) is 0.0714. The van der Waals surface area contributed by atoms with Crippen LogP contribution in [0.25, 0.3) is 11.1 Å². The standard InChI is InChI=1S/C14H11Cl2NO/c15-11-3-1-2-9(6-11)13-8-12(16)5-4-10(13)7-14(17)18/h1-6,8H,7H2,(H2,17,18). The minimum Gasteiger partial charge on any atom is -0.369 e. The van der Waals surface area contributed by atoms with Gasteiger partial charge in [-0.25, -0.2) is 0 Å². The maximum absolute atomic E-state index is 11.1. The first kappa shape index (κ1) is 12.9. The smallest absolute Gasteiger partial charge is 0.221 e. The third kappa shape index (κ3) is 3.03. The molecule has 0 aliphatic rings. The fourth-order valence-electron chi connectivity index (χ4n) is 1.82. The molecule has 0 unspecified atom stereocenters. The van der Waals surface area contributed by atoms with E-state index in [0.717, 1.165) is 16.7 Å². The van der Waals surface area contributed by atoms with Crippen molar-refractivity contribution >= 4 is 29.1 Å². The van der Waals surface area contributed by atoms with E-state index in [-0.39, 0.29) is 12.3 Å². The maximum Gasteiger partial charge on any atom is 0.221 e. The Bertz CT molecular complexity index is 596. The highest BCUT2D eigenvalue weighted by Gasteiger charge is 2.09. The summed E-state index contributed by atoms with van der Waals surface area (Å²) in [5.41, 5.74) is 7.88. The minimum absolute atomic E-state index is 0.180. The van der Waals surface area contributed by atoms with Gasteiger partial charge in [-0.1, -0.05) is 41.4 Å². The molecule has 1 amide bonds. The molecular weight excluding hydrogens is 269 g/mol. The Kier molecular flexibility index (Phi) is 3.90. The number of halogens is 2. The molecule has 2 rings (SSSR count). The van der Waals surface area contributed by atoms with Gasteiger partial charge in [-0.2, -0.15) is 0 Å². The molecule has 0 radical (unpaired) electrons. The maximum atomic E-state index is 11.1. The topological polar surface area (TPSA) is 43.1 Å². The van der Waals surface area contributed by atoms with Crippen LogP contribution in [0.4, 0.5) is 0 Å². The van der Waals surface area contributed by atoms with E-state index in [1.165, 1.54) is 0 Å². The number of rotatable bonds is 3. The number of hydrogen-bond acceptors (Lipinski definition) is 1. The Labute approximate surface area is 115 Å². The van der Waals surface area contributed by atoms with E-state index in [0.29, 0.717) is 10.0 Å². The second kappa shape index (κ2) is 5.42. The number of benzene rings is 2. The summed E-state index contributed by atoms with van der Waals surface area (Å²) in [5, 5.41) is 1.25. The Morgan fingerprint density at radius 2 is 1.78 bits per heavy atom. The van der Waals surface area contributed by atoms with Crippen molar-refractivity contribution in [1.82, 2.24) is 0 Å². The fourth-order valence-corrected chi connectivity index (χ4v) is 2.18. The molecule has 0 aliphatic heterocycles. The van der Waals surface area contributed by atoms with E-state index in [1.54, 1.807) is 12.1 Å². The van der Waals surface area contributed by atoms with E-state index >= 15 is 0 Å². The van der Waals surface area contributed by atoms with Crippen LogP contribution in [0.2, 0.25) is 10.0 Å². The van der Waals surface area contributed by atoms with Gasteiger partial charge in [0.05, 0.1) is 6.42 Å². The van der Waals surface area contributed by atoms with Crippen molar-refractivity contribution < 1.29 is 4.79 Å². The highest BCUT2D eigenvalue weighted by atomic mass is 35.5. The lowest BCUT2D eigenvalue weighted by molar-refractivity contribution is -0.117. The van der Waals surface area contributed by atoms with Gasteiger partial charge in [0.1, 0.15) is 0 Å². The molecule has 2 aromatic carbocycles. The molecule has 0 bridgehead atoms. The van der Waals surface area contributed by atoms with Crippen molar-refractivity contribution in [2.75, 3.05) is 0 Å². The van der Waals surface area contributed by atoms with Gasteiger partial charge in [0.25, 0.3) is 0 Å². The highest BCUT2D eigenvalue weighted by molar-refractivity contribution is 6.31. The molecule has 18 heavy (non-hydrogen) atoms. The molecule has 2 aromatic rings. The molecular formula is C14H11Cl2NO. The summed E-state index contributed by atoms with van der Waals surface area (Å²) < 4.78 is 0. The SMILES string of the molecule is NC(=O)Cc1ccc(Cl)cc1-c1cccc(Cl)c1. The molecule has 0 saturated carbocycles. The van der Waals surface area contributed by atoms with Crippen molar-refractivity contribution in [3.8, 4) is 11.1 Å². The average Bonchev–Trinajstić information content (AvgIpc) is 2.31. The monoisotopic (exact) mass is 279 g/mol. The summed E-state index contributed by atoms with van der Waals surface area (Å²) in [4.78, 5) is 11.1. The van der Waals surface area contributed by atoms with Gasteiger partial charge in [0.15, 0.2) is 0 Å². The zero-order valence-corrected chi connectivity index (χ0v) is 11.0. The van der Waals surface area contributed by atoms with E-state index in [9.17, 15) is 4.79 Å². The predicted octanol–water partition coefficient (Wildman–Crippen LogP) is 3.69. The summed E-state index contributed by atoms with van der Waals surface area (Å²) in [5.74, 6) is -0.374. The van der Waals surface area contributed by atoms with Gasteiger partial charge in [-0.05, 0) is 41.0 Å². The number of primary amides is 1. The molecule has 0 aromatic heterocycles. The second-order valence-corrected chi connectivity index (χ2v) is 4.83. The summed E-state index contributed by atoms with van der Waals surface area (Å²) >= 11 is 12.0. The first-order chi connectivity index (χ1) is 8.56. The molecule has 0 spiro atoms. The van der Waals surface area contributed by atoms with Crippen molar-refractivity contribution in [1.29, 1.82) is 0 Å². The van der Waals surface area contributed by atoms with E-state index in [2.05, 4.69) is 0 Å². The lowest BCUT2D eigenvalue weighted by Gasteiger charge is -2.09. The Hall–Kier alpha value is -1.51. The minimum atomic E-state index is -0.374. The molecule has 4 heteroatoms. The summed E-state index contributed by atoms with van der Waals surface area (Å²) in [6.07, 6.45) is 0.180. The lowest BCUT2D eigenvalue weighted by Crippen LogP contribution is -2.14. The van der Waals surface area contributed by atoms with E-state index in [1.807, 2.05) is 30.3 Å². The van der Waals surface area contributed by atoms with Crippen LogP contribution in [-0.4, -0.2) is 5.91 Å². The largest absolute Gasteiger partial charge is 0.369 e. The third-order valence-corrected chi connectivity index (χ3v) is 3.04. The zero-order valence-electron chi connectivity index (χ0n) is 9.49. The van der Waals surface area contributed by atoms with Crippen LogP contribution in [-0.2, 0) is 11.2 Å². The Morgan fingerprint density at radius 3 is 2.44 bits per heavy atom. The third-order valence-electron chi connectivity index (χ3n) is 2.57. The molecule has 0 fully saturated rings. The molecule has 0 saturated heterocycles. The van der Waals surface area contributed by atoms with Crippen molar-refractivity contribution in [3.63, 3.8) is 0 Å². The molecule has 2 N–H and O–H groups in total. The number of carbonyl (C=O) groups excluding carboxylic acids is 1. The average molecular weight is 280 g/mol. The van der Waals surface area contributed by atoms with Crippen LogP contribution in [0.5, 0.6) is 0 Å². The quantitative estimate of drug-likeness (QED) is 0.915. The van der Waals surface area contributed by atoms with Crippen LogP contribution in [0.3, 0.4) is 0 Å². The van der Waals surface area contributed by atoms with Crippen LogP contribution in [0.15, 0.2) is 42.5 Å². The molecule has 0 atom stereocenters. The van der Waals surface area contributed by atoms with Gasteiger partial charge >= 0.3 is 0 Å². The second-order valence-electron chi connectivity index (χ2n) is 3.95. The number of carbonyl (C=O) groups is 1. The molecule has 0 heterocycles. The van der Waals surface area contributed by atoms with Crippen molar-refractivity contribution in [3.05, 3.63) is 58.1 Å². The zero-order chi connectivity index (χ0) is 13.1. The van der Waals surface area contributed by atoms with Gasteiger partial charge in [0, 0.05) is 10.0 Å². The van der Waals surface area contributed by atoms with Gasteiger partial charge in [-0.3, -0.25) is 4.79 Å². The van der Waals surface area contributed by atoms with Crippen LogP contribution in [0, 0.1) is 0 Å². The summed E-state index contributed by atoms with van der Waals surface area (Å²) in [6.45, 7) is 0. The molecule has 92 valence electrons. The van der Waals surface area contributed by atoms with Crippen molar-refractivity contribution in [2.24, 2.45) is 5.73 Å². The number of nitrogens with two attached hydrogens (primary N) is 1. The van der Waals surface area contributed by atoms with Crippen molar-refractivity contribution in [2.45, 2.75) is 6.42 Å². The van der Waals surface area contributed by atoms with Crippen LogP contribution < -0.4 is 5.73 Å². The van der Waals surface area contributed by atoms with Crippen LogP contribution >= 0.6 is 23.2 Å². The first-order valence-corrected chi connectivity index (χ1v) is 6.14. The van der Waals surface area contributed by atoms with Gasteiger partial charge in [-0.15, -0.1) is 0 Å². The summed E-state index contributed by atoms with van der Waals surface area (Å²) in [7, 11) is 0.